The number of carbonyl (C=O) groups excluding carboxylic acids is 1. The summed E-state index contributed by atoms with van der Waals surface area (Å²) in [6.45, 7) is 4.43. The van der Waals surface area contributed by atoms with Gasteiger partial charge in [0.05, 0.1) is 6.54 Å². The van der Waals surface area contributed by atoms with Crippen LogP contribution < -0.4 is 5.69 Å². The van der Waals surface area contributed by atoms with E-state index < -0.39 is 11.6 Å². The second-order valence-corrected chi connectivity index (χ2v) is 8.96. The van der Waals surface area contributed by atoms with E-state index in [1.807, 2.05) is 54.6 Å². The van der Waals surface area contributed by atoms with E-state index in [4.69, 9.17) is 0 Å². The largest absolute Gasteiger partial charge is 0.353 e. The average molecular weight is 480 g/mol. The molecule has 36 heavy (non-hydrogen) atoms. The summed E-state index contributed by atoms with van der Waals surface area (Å²) in [5, 5.41) is 18.6. The Kier molecular flexibility index (Phi) is 6.36. The van der Waals surface area contributed by atoms with E-state index >= 15 is 0 Å². The average Bonchev–Trinajstić information content (AvgIpc) is 3.54. The van der Waals surface area contributed by atoms with Gasteiger partial charge in [-0.15, -0.1) is 14.9 Å². The van der Waals surface area contributed by atoms with Gasteiger partial charge >= 0.3 is 5.69 Å². The summed E-state index contributed by atoms with van der Waals surface area (Å²) >= 11 is 0. The Morgan fingerprint density at radius 1 is 0.917 bits per heavy atom. The SMILES string of the molecule is CC(C)Cc1nn(C(=O)c2ccccc2)c(=O)n1Cc1ccc(-c2ccccc2-c2nnn[nH]2)cc1. The molecule has 1 N–H and O–H groups in total. The molecule has 9 heteroatoms. The molecule has 5 aromatic rings. The number of benzene rings is 3. The van der Waals surface area contributed by atoms with E-state index in [-0.39, 0.29) is 5.92 Å². The zero-order valence-corrected chi connectivity index (χ0v) is 20.0. The van der Waals surface area contributed by atoms with Gasteiger partial charge in [-0.3, -0.25) is 9.36 Å². The van der Waals surface area contributed by atoms with Crippen LogP contribution in [-0.2, 0) is 13.0 Å². The summed E-state index contributed by atoms with van der Waals surface area (Å²) < 4.78 is 2.56. The second kappa shape index (κ2) is 9.91. The van der Waals surface area contributed by atoms with Crippen LogP contribution in [0, 0.1) is 5.92 Å². The molecule has 0 aliphatic heterocycles. The maximum Gasteiger partial charge on any atom is 0.353 e. The maximum atomic E-state index is 13.3. The number of rotatable bonds is 7. The van der Waals surface area contributed by atoms with Crippen LogP contribution in [0.4, 0.5) is 0 Å². The molecule has 0 fully saturated rings. The first-order chi connectivity index (χ1) is 17.5. The number of H-pyrrole nitrogens is 1. The van der Waals surface area contributed by atoms with E-state index in [2.05, 4.69) is 39.6 Å². The van der Waals surface area contributed by atoms with E-state index in [9.17, 15) is 9.59 Å². The van der Waals surface area contributed by atoms with E-state index in [1.165, 1.54) is 0 Å². The molecule has 0 aliphatic rings. The van der Waals surface area contributed by atoms with E-state index in [0.717, 1.165) is 26.9 Å². The van der Waals surface area contributed by atoms with E-state index in [0.29, 0.717) is 30.2 Å². The first kappa shape index (κ1) is 23.1. The Morgan fingerprint density at radius 2 is 1.61 bits per heavy atom. The van der Waals surface area contributed by atoms with Gasteiger partial charge < -0.3 is 0 Å². The third kappa shape index (κ3) is 4.63. The predicted molar refractivity (Wildman–Crippen MR) is 135 cm³/mol. The van der Waals surface area contributed by atoms with Crippen molar-refractivity contribution in [2.24, 2.45) is 5.92 Å². The van der Waals surface area contributed by atoms with Gasteiger partial charge in [-0.05, 0) is 45.2 Å². The maximum absolute atomic E-state index is 13.3. The lowest BCUT2D eigenvalue weighted by Gasteiger charge is -2.10. The molecule has 2 heterocycles. The molecule has 0 bridgehead atoms. The monoisotopic (exact) mass is 479 g/mol. The van der Waals surface area contributed by atoms with Crippen molar-refractivity contribution in [2.75, 3.05) is 0 Å². The summed E-state index contributed by atoms with van der Waals surface area (Å²) in [6, 6.07) is 24.6. The standard InChI is InChI=1S/C27H25N7O2/c1-18(2)16-24-30-34(26(35)21-8-4-3-5-9-21)27(36)33(24)17-19-12-14-20(15-13-19)22-10-6-7-11-23(22)25-28-31-32-29-25/h3-15,18H,16-17H2,1-2H3,(H,28,29,31,32). The first-order valence-corrected chi connectivity index (χ1v) is 11.7. The highest BCUT2D eigenvalue weighted by Crippen LogP contribution is 2.29. The van der Waals surface area contributed by atoms with Gasteiger partial charge in [0, 0.05) is 17.5 Å². The van der Waals surface area contributed by atoms with Crippen molar-refractivity contribution in [3.8, 4) is 22.5 Å². The molecule has 3 aromatic carbocycles. The van der Waals surface area contributed by atoms with Crippen LogP contribution in [0.3, 0.4) is 0 Å². The molecule has 0 unspecified atom stereocenters. The van der Waals surface area contributed by atoms with Crippen LogP contribution in [0.25, 0.3) is 22.5 Å². The fourth-order valence-corrected chi connectivity index (χ4v) is 4.13. The summed E-state index contributed by atoms with van der Waals surface area (Å²) in [5.74, 6) is 1.02. The lowest BCUT2D eigenvalue weighted by Crippen LogP contribution is -2.30. The van der Waals surface area contributed by atoms with Crippen LogP contribution in [0.15, 0.2) is 83.7 Å². The Labute approximate surface area is 207 Å². The van der Waals surface area contributed by atoms with Crippen molar-refractivity contribution in [2.45, 2.75) is 26.8 Å². The third-order valence-corrected chi connectivity index (χ3v) is 5.88. The number of aromatic nitrogens is 7. The van der Waals surface area contributed by atoms with Crippen molar-refractivity contribution in [3.05, 3.63) is 106 Å². The predicted octanol–water partition coefficient (Wildman–Crippen LogP) is 3.83. The second-order valence-electron chi connectivity index (χ2n) is 8.96. The van der Waals surface area contributed by atoms with Crippen molar-refractivity contribution in [3.63, 3.8) is 0 Å². The quantitative estimate of drug-likeness (QED) is 0.380. The van der Waals surface area contributed by atoms with Crippen LogP contribution in [0.1, 0.15) is 35.6 Å². The molecular weight excluding hydrogens is 454 g/mol. The number of nitrogens with one attached hydrogen (secondary N) is 1. The summed E-state index contributed by atoms with van der Waals surface area (Å²) in [6.07, 6.45) is 0.584. The summed E-state index contributed by atoms with van der Waals surface area (Å²) in [4.78, 5) is 26.2. The number of aromatic amines is 1. The van der Waals surface area contributed by atoms with Crippen molar-refractivity contribution >= 4 is 5.91 Å². The molecule has 0 saturated heterocycles. The number of tetrazole rings is 1. The van der Waals surface area contributed by atoms with Crippen molar-refractivity contribution < 1.29 is 4.79 Å². The van der Waals surface area contributed by atoms with Crippen LogP contribution >= 0.6 is 0 Å². The van der Waals surface area contributed by atoms with Gasteiger partial charge in [-0.2, -0.15) is 0 Å². The minimum atomic E-state index is -0.438. The summed E-state index contributed by atoms with van der Waals surface area (Å²) in [5.41, 5.74) is 3.79. The fraction of sp³-hybridized carbons (Fsp3) is 0.185. The number of hydrogen-bond acceptors (Lipinski definition) is 6. The fourth-order valence-electron chi connectivity index (χ4n) is 4.13. The van der Waals surface area contributed by atoms with Gasteiger partial charge in [-0.25, -0.2) is 9.89 Å². The zero-order valence-electron chi connectivity index (χ0n) is 20.0. The molecule has 0 radical (unpaired) electrons. The highest BCUT2D eigenvalue weighted by atomic mass is 16.2. The van der Waals surface area contributed by atoms with Gasteiger partial charge in [-0.1, -0.05) is 80.6 Å². The van der Waals surface area contributed by atoms with Crippen molar-refractivity contribution in [1.29, 1.82) is 0 Å². The molecular formula is C27H25N7O2. The molecule has 0 atom stereocenters. The zero-order chi connectivity index (χ0) is 25.1. The number of nitrogens with zero attached hydrogens (tertiary/aromatic N) is 6. The van der Waals surface area contributed by atoms with E-state index in [1.54, 1.807) is 28.8 Å². The van der Waals surface area contributed by atoms with Gasteiger partial charge in [0.25, 0.3) is 5.91 Å². The minimum absolute atomic E-state index is 0.273. The molecule has 9 nitrogen and oxygen atoms in total. The molecule has 180 valence electrons. The van der Waals surface area contributed by atoms with Gasteiger partial charge in [0.2, 0.25) is 0 Å². The lowest BCUT2D eigenvalue weighted by molar-refractivity contribution is 0.0939. The summed E-state index contributed by atoms with van der Waals surface area (Å²) in [7, 11) is 0. The van der Waals surface area contributed by atoms with Crippen LogP contribution in [0.2, 0.25) is 0 Å². The lowest BCUT2D eigenvalue weighted by atomic mass is 9.98. The molecule has 0 aliphatic carbocycles. The molecule has 0 saturated carbocycles. The Balaban J connectivity index is 1.46. The molecule has 0 spiro atoms. The molecule has 0 amide bonds. The Morgan fingerprint density at radius 3 is 2.28 bits per heavy atom. The highest BCUT2D eigenvalue weighted by molar-refractivity contribution is 5.95. The topological polar surface area (TPSA) is 111 Å². The van der Waals surface area contributed by atoms with Crippen molar-refractivity contribution in [1.82, 2.24) is 35.0 Å². The third-order valence-electron chi connectivity index (χ3n) is 5.88. The van der Waals surface area contributed by atoms with Crippen LogP contribution in [0.5, 0.6) is 0 Å². The van der Waals surface area contributed by atoms with Gasteiger partial charge in [0.1, 0.15) is 5.82 Å². The molecule has 2 aromatic heterocycles. The minimum Gasteiger partial charge on any atom is -0.274 e. The molecule has 5 rings (SSSR count). The smallest absolute Gasteiger partial charge is 0.274 e. The number of hydrogen-bond donors (Lipinski definition) is 1. The normalized spacial score (nSPS) is 11.2. The Hall–Kier alpha value is -4.66. The van der Waals surface area contributed by atoms with Crippen LogP contribution in [-0.4, -0.2) is 40.9 Å². The number of carbonyl (C=O) groups is 1. The highest BCUT2D eigenvalue weighted by Gasteiger charge is 2.20. The first-order valence-electron chi connectivity index (χ1n) is 11.7. The Bertz CT molecular complexity index is 1530. The van der Waals surface area contributed by atoms with Gasteiger partial charge in [0.15, 0.2) is 5.82 Å².